The molecule has 1 N–H and O–H groups in total. The summed E-state index contributed by atoms with van der Waals surface area (Å²) in [5.41, 5.74) is 0.814. The predicted molar refractivity (Wildman–Crippen MR) is 92.8 cm³/mol. The lowest BCUT2D eigenvalue weighted by Crippen LogP contribution is -2.05. The topological polar surface area (TPSA) is 90.4 Å². The summed E-state index contributed by atoms with van der Waals surface area (Å²) in [6.45, 7) is 0.447. The van der Waals surface area contributed by atoms with Crippen LogP contribution in [0.25, 0.3) is 11.4 Å². The first kappa shape index (κ1) is 17.1. The lowest BCUT2D eigenvalue weighted by molar-refractivity contribution is -0.136. The van der Waals surface area contributed by atoms with Gasteiger partial charge in [0.25, 0.3) is 0 Å². The molecule has 0 bridgehead atoms. The number of carbonyl (C=O) groups is 1. The summed E-state index contributed by atoms with van der Waals surface area (Å²) in [5, 5.41) is 18.0. The zero-order chi connectivity index (χ0) is 17.6. The summed E-state index contributed by atoms with van der Waals surface area (Å²) in [7, 11) is 1.61. The van der Waals surface area contributed by atoms with Gasteiger partial charge in [0.15, 0.2) is 11.0 Å². The second kappa shape index (κ2) is 7.89. The van der Waals surface area contributed by atoms with Crippen molar-refractivity contribution in [2.45, 2.75) is 18.1 Å². The van der Waals surface area contributed by atoms with Crippen molar-refractivity contribution >= 4 is 17.7 Å². The monoisotopic (exact) mass is 359 g/mol. The van der Waals surface area contributed by atoms with Gasteiger partial charge in [-0.25, -0.2) is 0 Å². The number of carboxylic acids is 1. The van der Waals surface area contributed by atoms with Gasteiger partial charge in [-0.1, -0.05) is 23.9 Å². The third-order valence-corrected chi connectivity index (χ3v) is 4.47. The van der Waals surface area contributed by atoms with Crippen molar-refractivity contribution < 1.29 is 19.1 Å². The van der Waals surface area contributed by atoms with Crippen molar-refractivity contribution in [2.24, 2.45) is 0 Å². The number of furan rings is 1. The molecular weight excluding hydrogens is 342 g/mol. The van der Waals surface area contributed by atoms with Crippen LogP contribution in [-0.4, -0.2) is 38.7 Å². The van der Waals surface area contributed by atoms with E-state index < -0.39 is 5.97 Å². The van der Waals surface area contributed by atoms with Crippen molar-refractivity contribution in [3.8, 4) is 17.1 Å². The van der Waals surface area contributed by atoms with E-state index in [2.05, 4.69) is 10.2 Å². The molecule has 8 heteroatoms. The number of benzene rings is 1. The van der Waals surface area contributed by atoms with Gasteiger partial charge in [-0.05, 0) is 24.3 Å². The summed E-state index contributed by atoms with van der Waals surface area (Å²) in [6.07, 6.45) is 1.67. The van der Waals surface area contributed by atoms with Crippen molar-refractivity contribution in [1.82, 2.24) is 14.8 Å². The van der Waals surface area contributed by atoms with Gasteiger partial charge < -0.3 is 14.3 Å². The Labute approximate surface area is 148 Å². The van der Waals surface area contributed by atoms with E-state index in [1.54, 1.807) is 13.4 Å². The van der Waals surface area contributed by atoms with Gasteiger partial charge in [-0.2, -0.15) is 0 Å². The highest BCUT2D eigenvalue weighted by Crippen LogP contribution is 2.31. The van der Waals surface area contributed by atoms with Crippen LogP contribution < -0.4 is 4.74 Å². The molecule has 130 valence electrons. The number of nitrogens with zero attached hydrogens (tertiary/aromatic N) is 3. The molecule has 0 aliphatic rings. The number of methoxy groups -OCH3 is 1. The van der Waals surface area contributed by atoms with E-state index in [0.717, 1.165) is 11.3 Å². The van der Waals surface area contributed by atoms with E-state index in [-0.39, 0.29) is 6.42 Å². The fourth-order valence-electron chi connectivity index (χ4n) is 2.35. The van der Waals surface area contributed by atoms with Crippen molar-refractivity contribution in [3.63, 3.8) is 0 Å². The van der Waals surface area contributed by atoms with Crippen LogP contribution in [0.15, 0.2) is 52.2 Å². The quantitative estimate of drug-likeness (QED) is 0.618. The first-order valence-corrected chi connectivity index (χ1v) is 8.61. The summed E-state index contributed by atoms with van der Waals surface area (Å²) in [4.78, 5) is 10.8. The Hall–Kier alpha value is -2.74. The summed E-state index contributed by atoms with van der Waals surface area (Å²) in [6, 6.07) is 11.3. The maximum absolute atomic E-state index is 10.8. The van der Waals surface area contributed by atoms with Gasteiger partial charge in [0.05, 0.1) is 31.9 Å². The minimum atomic E-state index is -0.838. The first-order chi connectivity index (χ1) is 12.2. The number of ether oxygens (including phenoxy) is 1. The summed E-state index contributed by atoms with van der Waals surface area (Å²) in [5.74, 6) is 1.67. The van der Waals surface area contributed by atoms with Crippen LogP contribution >= 0.6 is 11.8 Å². The number of carboxylic acid groups (broad SMARTS) is 1. The Kier molecular flexibility index (Phi) is 5.39. The van der Waals surface area contributed by atoms with E-state index in [1.165, 1.54) is 11.8 Å². The number of rotatable bonds is 8. The van der Waals surface area contributed by atoms with E-state index >= 15 is 0 Å². The fourth-order valence-corrected chi connectivity index (χ4v) is 3.22. The maximum atomic E-state index is 10.8. The number of thioether (sulfide) groups is 1. The van der Waals surface area contributed by atoms with E-state index in [1.807, 2.05) is 41.0 Å². The minimum Gasteiger partial charge on any atom is -0.496 e. The third kappa shape index (κ3) is 4.03. The predicted octanol–water partition coefficient (Wildman–Crippen LogP) is 3.16. The fraction of sp³-hybridized carbons (Fsp3) is 0.235. The maximum Gasteiger partial charge on any atom is 0.304 e. The number of aromatic nitrogens is 3. The van der Waals surface area contributed by atoms with Gasteiger partial charge in [0.2, 0.25) is 0 Å². The Morgan fingerprint density at radius 2 is 2.12 bits per heavy atom. The highest BCUT2D eigenvalue weighted by atomic mass is 32.2. The first-order valence-electron chi connectivity index (χ1n) is 7.62. The molecule has 3 aromatic rings. The van der Waals surface area contributed by atoms with Crippen molar-refractivity contribution in [1.29, 1.82) is 0 Å². The Morgan fingerprint density at radius 3 is 2.84 bits per heavy atom. The second-order valence-electron chi connectivity index (χ2n) is 5.16. The van der Waals surface area contributed by atoms with Crippen LogP contribution in [0, 0.1) is 0 Å². The van der Waals surface area contributed by atoms with Crippen LogP contribution in [0.2, 0.25) is 0 Å². The molecule has 25 heavy (non-hydrogen) atoms. The molecule has 0 atom stereocenters. The number of hydrogen-bond donors (Lipinski definition) is 1. The average molecular weight is 359 g/mol. The third-order valence-electron chi connectivity index (χ3n) is 3.51. The molecule has 0 unspecified atom stereocenters. The zero-order valence-corrected chi connectivity index (χ0v) is 14.4. The van der Waals surface area contributed by atoms with Crippen LogP contribution in [0.1, 0.15) is 12.2 Å². The van der Waals surface area contributed by atoms with Crippen molar-refractivity contribution in [2.75, 3.05) is 12.9 Å². The number of aliphatic carboxylic acids is 1. The molecule has 7 nitrogen and oxygen atoms in total. The highest BCUT2D eigenvalue weighted by molar-refractivity contribution is 7.99. The smallest absolute Gasteiger partial charge is 0.304 e. The highest BCUT2D eigenvalue weighted by Gasteiger charge is 2.18. The normalized spacial score (nSPS) is 10.8. The van der Waals surface area contributed by atoms with Gasteiger partial charge in [-0.15, -0.1) is 10.2 Å². The Morgan fingerprint density at radius 1 is 1.28 bits per heavy atom. The molecule has 0 saturated carbocycles. The second-order valence-corrected chi connectivity index (χ2v) is 6.23. The molecule has 0 saturated heterocycles. The van der Waals surface area contributed by atoms with Gasteiger partial charge in [0.1, 0.15) is 11.5 Å². The van der Waals surface area contributed by atoms with Gasteiger partial charge in [0, 0.05) is 5.75 Å². The number of para-hydroxylation sites is 1. The molecule has 0 aliphatic heterocycles. The van der Waals surface area contributed by atoms with Crippen LogP contribution in [0.4, 0.5) is 0 Å². The van der Waals surface area contributed by atoms with Gasteiger partial charge >= 0.3 is 5.97 Å². The van der Waals surface area contributed by atoms with E-state index in [9.17, 15) is 4.79 Å². The van der Waals surface area contributed by atoms with Crippen molar-refractivity contribution in [3.05, 3.63) is 48.4 Å². The molecule has 0 aliphatic carbocycles. The van der Waals surface area contributed by atoms with Crippen LogP contribution in [0.5, 0.6) is 5.75 Å². The average Bonchev–Trinajstić information content (AvgIpc) is 3.25. The molecule has 3 rings (SSSR count). The van der Waals surface area contributed by atoms with E-state index in [4.69, 9.17) is 14.3 Å². The zero-order valence-electron chi connectivity index (χ0n) is 13.6. The molecule has 2 aromatic heterocycles. The summed E-state index contributed by atoms with van der Waals surface area (Å²) < 4.78 is 12.8. The van der Waals surface area contributed by atoms with Gasteiger partial charge in [-0.3, -0.25) is 9.36 Å². The van der Waals surface area contributed by atoms with E-state index in [0.29, 0.717) is 29.0 Å². The standard InChI is InChI=1S/C17H17N3O4S/c1-23-14-7-3-2-6-13(14)16-18-19-17(25-10-8-15(21)22)20(16)11-12-5-4-9-24-12/h2-7,9H,8,10-11H2,1H3,(H,21,22). The molecule has 0 radical (unpaired) electrons. The lowest BCUT2D eigenvalue weighted by Gasteiger charge is -2.11. The molecule has 1 aromatic carbocycles. The molecule has 0 fully saturated rings. The minimum absolute atomic E-state index is 0.0578. The molecule has 2 heterocycles. The number of hydrogen-bond acceptors (Lipinski definition) is 6. The molecular formula is C17H17N3O4S. The largest absolute Gasteiger partial charge is 0.496 e. The summed E-state index contributed by atoms with van der Waals surface area (Å²) >= 11 is 1.35. The lowest BCUT2D eigenvalue weighted by atomic mass is 10.2. The molecule has 0 amide bonds. The van der Waals surface area contributed by atoms with Crippen LogP contribution in [-0.2, 0) is 11.3 Å². The van der Waals surface area contributed by atoms with Crippen LogP contribution in [0.3, 0.4) is 0 Å². The Bertz CT molecular complexity index is 845. The molecule has 0 spiro atoms. The SMILES string of the molecule is COc1ccccc1-c1nnc(SCCC(=O)O)n1Cc1ccco1. The Balaban J connectivity index is 1.96.